The lowest BCUT2D eigenvalue weighted by Gasteiger charge is -2.01. The van der Waals surface area contributed by atoms with Crippen molar-refractivity contribution in [2.24, 2.45) is 0 Å². The van der Waals surface area contributed by atoms with Crippen LogP contribution in [0.5, 0.6) is 0 Å². The largest absolute Gasteiger partial charge is 0.466 e. The molecule has 5 heteroatoms. The number of nitrogens with zero attached hydrogens (tertiary/aromatic N) is 1. The quantitative estimate of drug-likeness (QED) is 0.352. The van der Waals surface area contributed by atoms with Crippen molar-refractivity contribution >= 4 is 11.9 Å². The Hall–Kier alpha value is -1.57. The summed E-state index contributed by atoms with van der Waals surface area (Å²) in [5.41, 5.74) is 0. The van der Waals surface area contributed by atoms with Crippen LogP contribution in [0.4, 0.5) is 0 Å². The van der Waals surface area contributed by atoms with Gasteiger partial charge in [-0.2, -0.15) is 5.26 Å². The molecule has 0 bridgehead atoms. The van der Waals surface area contributed by atoms with Crippen molar-refractivity contribution in [3.63, 3.8) is 0 Å². The zero-order chi connectivity index (χ0) is 10.1. The van der Waals surface area contributed by atoms with Crippen LogP contribution in [0.3, 0.4) is 0 Å². The highest BCUT2D eigenvalue weighted by molar-refractivity contribution is 5.91. The second-order valence-corrected chi connectivity index (χ2v) is 2.11. The Kier molecular flexibility index (Phi) is 6.24. The van der Waals surface area contributed by atoms with E-state index in [-0.39, 0.29) is 26.1 Å². The third-order valence-corrected chi connectivity index (χ3v) is 1.07. The molecule has 13 heavy (non-hydrogen) atoms. The Morgan fingerprint density at radius 1 is 1.31 bits per heavy atom. The molecule has 0 aliphatic carbocycles. The fraction of sp³-hybridized carbons (Fsp3) is 0.625. The van der Waals surface area contributed by atoms with E-state index in [1.165, 1.54) is 0 Å². The number of ether oxygens (including phenoxy) is 2. The maximum Gasteiger partial charge on any atom is 0.317 e. The number of carbonyl (C=O) groups is 2. The lowest BCUT2D eigenvalue weighted by atomic mass is 10.4. The predicted molar refractivity (Wildman–Crippen MR) is 42.4 cm³/mol. The molecule has 0 rings (SSSR count). The molecule has 0 aromatic rings. The van der Waals surface area contributed by atoms with Gasteiger partial charge in [0.2, 0.25) is 0 Å². The Labute approximate surface area is 76.2 Å². The predicted octanol–water partition coefficient (Wildman–Crippen LogP) is 0.396. The van der Waals surface area contributed by atoms with Crippen LogP contribution >= 0.6 is 0 Å². The van der Waals surface area contributed by atoms with Gasteiger partial charge in [-0.15, -0.1) is 0 Å². The highest BCUT2D eigenvalue weighted by Crippen LogP contribution is 1.91. The van der Waals surface area contributed by atoms with Crippen molar-refractivity contribution in [2.75, 3.05) is 13.2 Å². The SMILES string of the molecule is CCOC(=O)CC(=O)OCCC#N. The van der Waals surface area contributed by atoms with Gasteiger partial charge >= 0.3 is 11.9 Å². The van der Waals surface area contributed by atoms with Crippen LogP contribution in [0, 0.1) is 11.3 Å². The summed E-state index contributed by atoms with van der Waals surface area (Å²) in [5, 5.41) is 8.11. The summed E-state index contributed by atoms with van der Waals surface area (Å²) in [7, 11) is 0. The van der Waals surface area contributed by atoms with Crippen LogP contribution in [-0.4, -0.2) is 25.2 Å². The van der Waals surface area contributed by atoms with Gasteiger partial charge in [-0.05, 0) is 6.92 Å². The van der Waals surface area contributed by atoms with Crippen LogP contribution in [0.1, 0.15) is 19.8 Å². The molecule has 0 aromatic heterocycles. The van der Waals surface area contributed by atoms with Crippen LogP contribution < -0.4 is 0 Å². The second-order valence-electron chi connectivity index (χ2n) is 2.11. The van der Waals surface area contributed by atoms with E-state index in [4.69, 9.17) is 5.26 Å². The summed E-state index contributed by atoms with van der Waals surface area (Å²) in [6, 6.07) is 1.81. The number of carbonyl (C=O) groups excluding carboxylic acids is 2. The van der Waals surface area contributed by atoms with Crippen molar-refractivity contribution < 1.29 is 19.1 Å². The Morgan fingerprint density at radius 2 is 1.92 bits per heavy atom. The van der Waals surface area contributed by atoms with Gasteiger partial charge in [-0.3, -0.25) is 9.59 Å². The Balaban J connectivity index is 3.51. The smallest absolute Gasteiger partial charge is 0.317 e. The van der Waals surface area contributed by atoms with Gasteiger partial charge < -0.3 is 9.47 Å². The number of nitriles is 1. The lowest BCUT2D eigenvalue weighted by molar-refractivity contribution is -0.154. The third-order valence-electron chi connectivity index (χ3n) is 1.07. The number of hydrogen-bond donors (Lipinski definition) is 0. The summed E-state index contributed by atoms with van der Waals surface area (Å²) < 4.78 is 9.05. The average Bonchev–Trinajstić information content (AvgIpc) is 2.05. The first-order chi connectivity index (χ1) is 6.20. The highest BCUT2D eigenvalue weighted by atomic mass is 16.6. The van der Waals surface area contributed by atoms with Gasteiger partial charge in [-0.25, -0.2) is 0 Å². The van der Waals surface area contributed by atoms with Crippen molar-refractivity contribution in [2.45, 2.75) is 19.8 Å². The lowest BCUT2D eigenvalue weighted by Crippen LogP contribution is -2.14. The molecule has 0 radical (unpaired) electrons. The van der Waals surface area contributed by atoms with Crippen LogP contribution in [-0.2, 0) is 19.1 Å². The average molecular weight is 185 g/mol. The molecule has 0 aromatic carbocycles. The maximum atomic E-state index is 10.8. The van der Waals surface area contributed by atoms with Crippen LogP contribution in [0.15, 0.2) is 0 Å². The molecule has 0 heterocycles. The molecule has 0 saturated carbocycles. The zero-order valence-corrected chi connectivity index (χ0v) is 7.41. The van der Waals surface area contributed by atoms with Gasteiger partial charge in [-0.1, -0.05) is 0 Å². The van der Waals surface area contributed by atoms with Crippen molar-refractivity contribution in [1.82, 2.24) is 0 Å². The summed E-state index contributed by atoms with van der Waals surface area (Å²) in [4.78, 5) is 21.5. The van der Waals surface area contributed by atoms with Gasteiger partial charge in [0.25, 0.3) is 0 Å². The zero-order valence-electron chi connectivity index (χ0n) is 7.41. The molecule has 5 nitrogen and oxygen atoms in total. The van der Waals surface area contributed by atoms with Crippen molar-refractivity contribution in [1.29, 1.82) is 5.26 Å². The number of hydrogen-bond acceptors (Lipinski definition) is 5. The number of esters is 2. The molecule has 0 aliphatic rings. The fourth-order valence-electron chi connectivity index (χ4n) is 0.591. The van der Waals surface area contributed by atoms with Crippen LogP contribution in [0.2, 0.25) is 0 Å². The molecule has 0 saturated heterocycles. The standard InChI is InChI=1S/C8H11NO4/c1-2-12-7(10)6-8(11)13-5-3-4-9/h2-3,5-6H2,1H3. The van der Waals surface area contributed by atoms with Gasteiger partial charge in [0, 0.05) is 0 Å². The van der Waals surface area contributed by atoms with Crippen molar-refractivity contribution in [3.8, 4) is 6.07 Å². The second kappa shape index (κ2) is 7.10. The summed E-state index contributed by atoms with van der Waals surface area (Å²) in [5.74, 6) is -1.27. The van der Waals surface area contributed by atoms with Gasteiger partial charge in [0.05, 0.1) is 19.1 Å². The summed E-state index contributed by atoms with van der Waals surface area (Å²) >= 11 is 0. The molecule has 0 unspecified atom stereocenters. The normalized spacial score (nSPS) is 8.62. The highest BCUT2D eigenvalue weighted by Gasteiger charge is 2.10. The number of rotatable bonds is 5. The third kappa shape index (κ3) is 6.81. The minimum Gasteiger partial charge on any atom is -0.466 e. The molecule has 0 atom stereocenters. The summed E-state index contributed by atoms with van der Waals surface area (Å²) in [6.07, 6.45) is -0.256. The Morgan fingerprint density at radius 3 is 2.46 bits per heavy atom. The molecule has 0 spiro atoms. The first kappa shape index (κ1) is 11.4. The molecule has 0 aliphatic heterocycles. The van der Waals surface area contributed by atoms with Gasteiger partial charge in [0.15, 0.2) is 0 Å². The van der Waals surface area contributed by atoms with E-state index in [0.29, 0.717) is 0 Å². The van der Waals surface area contributed by atoms with E-state index in [0.717, 1.165) is 0 Å². The van der Waals surface area contributed by atoms with E-state index in [1.54, 1.807) is 6.92 Å². The fourth-order valence-corrected chi connectivity index (χ4v) is 0.591. The minimum absolute atomic E-state index is 0.0226. The Bertz CT molecular complexity index is 219. The minimum atomic E-state index is -0.659. The molecular weight excluding hydrogens is 174 g/mol. The van der Waals surface area contributed by atoms with E-state index < -0.39 is 11.9 Å². The first-order valence-corrected chi connectivity index (χ1v) is 3.89. The maximum absolute atomic E-state index is 10.8. The molecule has 0 N–H and O–H groups in total. The van der Waals surface area contributed by atoms with Gasteiger partial charge in [0.1, 0.15) is 13.0 Å². The monoisotopic (exact) mass is 185 g/mol. The molecular formula is C8H11NO4. The van der Waals surface area contributed by atoms with E-state index >= 15 is 0 Å². The molecule has 72 valence electrons. The molecule has 0 fully saturated rings. The van der Waals surface area contributed by atoms with Crippen LogP contribution in [0.25, 0.3) is 0 Å². The van der Waals surface area contributed by atoms with E-state index in [1.807, 2.05) is 6.07 Å². The topological polar surface area (TPSA) is 76.4 Å². The first-order valence-electron chi connectivity index (χ1n) is 3.89. The van der Waals surface area contributed by atoms with Crippen molar-refractivity contribution in [3.05, 3.63) is 0 Å². The van der Waals surface area contributed by atoms with E-state index in [2.05, 4.69) is 9.47 Å². The molecule has 0 amide bonds. The summed E-state index contributed by atoms with van der Waals surface area (Å²) in [6.45, 7) is 1.91. The van der Waals surface area contributed by atoms with E-state index in [9.17, 15) is 9.59 Å².